The van der Waals surface area contributed by atoms with Crippen LogP contribution in [0.25, 0.3) is 0 Å². The van der Waals surface area contributed by atoms with Crippen LogP contribution in [0.4, 0.5) is 0 Å². The summed E-state index contributed by atoms with van der Waals surface area (Å²) in [5.74, 6) is 0.769. The number of rotatable bonds is 4. The van der Waals surface area contributed by atoms with Crippen LogP contribution in [-0.4, -0.2) is 12.8 Å². The van der Waals surface area contributed by atoms with Crippen LogP contribution in [0.5, 0.6) is 0 Å². The summed E-state index contributed by atoms with van der Waals surface area (Å²) in [5, 5.41) is 0. The highest BCUT2D eigenvalue weighted by Gasteiger charge is 2.08. The van der Waals surface area contributed by atoms with E-state index >= 15 is 0 Å². The maximum Gasteiger partial charge on any atom is 0.151 e. The van der Waals surface area contributed by atoms with Crippen molar-refractivity contribution >= 4 is 0 Å². The molecular formula is C13H15NO2. The molecule has 16 heavy (non-hydrogen) atoms. The van der Waals surface area contributed by atoms with Crippen LogP contribution in [0.3, 0.4) is 0 Å². The van der Waals surface area contributed by atoms with Crippen LogP contribution in [0.1, 0.15) is 5.56 Å². The van der Waals surface area contributed by atoms with Gasteiger partial charge in [0.2, 0.25) is 0 Å². The number of ether oxygens (including phenoxy) is 2. The second-order valence-corrected chi connectivity index (χ2v) is 3.62. The molecular weight excluding hydrogens is 202 g/mol. The van der Waals surface area contributed by atoms with E-state index < -0.39 is 0 Å². The largest absolute Gasteiger partial charge is 0.493 e. The maximum atomic E-state index is 5.89. The first-order chi connectivity index (χ1) is 7.84. The van der Waals surface area contributed by atoms with Crippen LogP contribution >= 0.6 is 0 Å². The van der Waals surface area contributed by atoms with E-state index in [2.05, 4.69) is 0 Å². The molecule has 1 heterocycles. The second kappa shape index (κ2) is 5.37. The van der Waals surface area contributed by atoms with Gasteiger partial charge in [-0.25, -0.2) is 0 Å². The number of allylic oxidation sites excluding steroid dienone is 2. The lowest BCUT2D eigenvalue weighted by atomic mass is 10.1. The minimum Gasteiger partial charge on any atom is -0.493 e. The quantitative estimate of drug-likeness (QED) is 0.784. The van der Waals surface area contributed by atoms with Crippen LogP contribution in [0.15, 0.2) is 54.5 Å². The normalized spacial score (nSPS) is 16.2. The Hall–Kier alpha value is -1.74. The third-order valence-corrected chi connectivity index (χ3v) is 2.26. The van der Waals surface area contributed by atoms with Crippen molar-refractivity contribution in [2.45, 2.75) is 12.6 Å². The topological polar surface area (TPSA) is 44.5 Å². The molecule has 1 unspecified atom stereocenters. The van der Waals surface area contributed by atoms with Gasteiger partial charge in [0.1, 0.15) is 12.4 Å². The molecule has 1 aromatic rings. The summed E-state index contributed by atoms with van der Waals surface area (Å²) in [6.45, 7) is 0.457. The highest BCUT2D eigenvalue weighted by atomic mass is 16.5. The first-order valence-corrected chi connectivity index (χ1v) is 5.28. The zero-order valence-corrected chi connectivity index (χ0v) is 9.00. The summed E-state index contributed by atoms with van der Waals surface area (Å²) in [6.07, 6.45) is 5.67. The molecule has 0 saturated heterocycles. The fraction of sp³-hybridized carbons (Fsp3) is 0.231. The predicted molar refractivity (Wildman–Crippen MR) is 62.4 cm³/mol. The van der Waals surface area contributed by atoms with Gasteiger partial charge in [0.25, 0.3) is 0 Å². The van der Waals surface area contributed by atoms with Crippen molar-refractivity contribution in [2.75, 3.05) is 6.61 Å². The highest BCUT2D eigenvalue weighted by Crippen LogP contribution is 2.09. The van der Waals surface area contributed by atoms with Gasteiger partial charge in [-0.05, 0) is 17.7 Å². The van der Waals surface area contributed by atoms with Crippen LogP contribution in [0.2, 0.25) is 0 Å². The van der Waals surface area contributed by atoms with Gasteiger partial charge in [-0.15, -0.1) is 0 Å². The van der Waals surface area contributed by atoms with Crippen LogP contribution in [0, 0.1) is 0 Å². The zero-order chi connectivity index (χ0) is 11.2. The molecule has 2 N–H and O–H groups in total. The molecule has 0 aliphatic carbocycles. The lowest BCUT2D eigenvalue weighted by Crippen LogP contribution is -2.27. The van der Waals surface area contributed by atoms with Gasteiger partial charge in [-0.1, -0.05) is 30.3 Å². The standard InChI is InChI=1S/C13H15NO2/c14-13(9-11-5-2-1-3-6-11)16-12-7-4-8-15-10-12/h1-8,13H,9-10,14H2. The maximum absolute atomic E-state index is 5.89. The molecule has 1 aliphatic heterocycles. The lowest BCUT2D eigenvalue weighted by molar-refractivity contribution is 0.0856. The molecule has 0 fully saturated rings. The summed E-state index contributed by atoms with van der Waals surface area (Å²) in [4.78, 5) is 0. The monoisotopic (exact) mass is 217 g/mol. The Kier molecular flexibility index (Phi) is 3.62. The molecule has 2 rings (SSSR count). The molecule has 84 valence electrons. The Labute approximate surface area is 95.2 Å². The predicted octanol–water partition coefficient (Wildman–Crippen LogP) is 1.96. The fourth-order valence-electron chi connectivity index (χ4n) is 1.54. The van der Waals surface area contributed by atoms with Gasteiger partial charge in [0.15, 0.2) is 6.23 Å². The molecule has 0 aromatic heterocycles. The zero-order valence-electron chi connectivity index (χ0n) is 9.00. The number of benzene rings is 1. The van der Waals surface area contributed by atoms with Gasteiger partial charge < -0.3 is 9.47 Å². The molecule has 1 aliphatic rings. The molecule has 0 spiro atoms. The Morgan fingerprint density at radius 3 is 2.81 bits per heavy atom. The van der Waals surface area contributed by atoms with Crippen molar-refractivity contribution in [2.24, 2.45) is 5.73 Å². The van der Waals surface area contributed by atoms with Gasteiger partial charge in [-0.3, -0.25) is 5.73 Å². The Bertz CT molecular complexity index is 384. The first kappa shape index (κ1) is 10.8. The highest BCUT2D eigenvalue weighted by molar-refractivity contribution is 5.16. The second-order valence-electron chi connectivity index (χ2n) is 3.62. The summed E-state index contributed by atoms with van der Waals surface area (Å²) in [7, 11) is 0. The van der Waals surface area contributed by atoms with E-state index in [0.29, 0.717) is 13.0 Å². The molecule has 0 radical (unpaired) electrons. The summed E-state index contributed by atoms with van der Waals surface area (Å²) >= 11 is 0. The van der Waals surface area contributed by atoms with E-state index in [0.717, 1.165) is 5.76 Å². The van der Waals surface area contributed by atoms with Crippen LogP contribution in [-0.2, 0) is 15.9 Å². The average Bonchev–Trinajstić information content (AvgIpc) is 2.31. The van der Waals surface area contributed by atoms with Gasteiger partial charge in [0, 0.05) is 6.42 Å². The van der Waals surface area contributed by atoms with Crippen molar-refractivity contribution in [1.29, 1.82) is 0 Å². The first-order valence-electron chi connectivity index (χ1n) is 5.28. The Balaban J connectivity index is 1.87. The van der Waals surface area contributed by atoms with Crippen molar-refractivity contribution in [3.05, 3.63) is 60.1 Å². The smallest absolute Gasteiger partial charge is 0.151 e. The summed E-state index contributed by atoms with van der Waals surface area (Å²) in [5.41, 5.74) is 7.06. The third-order valence-electron chi connectivity index (χ3n) is 2.26. The van der Waals surface area contributed by atoms with Gasteiger partial charge >= 0.3 is 0 Å². The molecule has 0 amide bonds. The Morgan fingerprint density at radius 1 is 1.31 bits per heavy atom. The molecule has 3 nitrogen and oxygen atoms in total. The molecule has 0 bridgehead atoms. The average molecular weight is 217 g/mol. The minimum atomic E-state index is -0.330. The summed E-state index contributed by atoms with van der Waals surface area (Å²) in [6, 6.07) is 10.0. The van der Waals surface area contributed by atoms with Crippen molar-refractivity contribution in [1.82, 2.24) is 0 Å². The lowest BCUT2D eigenvalue weighted by Gasteiger charge is -2.18. The number of nitrogens with two attached hydrogens (primary N) is 1. The van der Waals surface area contributed by atoms with E-state index in [1.165, 1.54) is 5.56 Å². The molecule has 3 heteroatoms. The number of hydrogen-bond donors (Lipinski definition) is 1. The third kappa shape index (κ3) is 3.14. The van der Waals surface area contributed by atoms with E-state index in [4.69, 9.17) is 15.2 Å². The van der Waals surface area contributed by atoms with Crippen LogP contribution < -0.4 is 5.73 Å². The van der Waals surface area contributed by atoms with Crippen molar-refractivity contribution in [3.63, 3.8) is 0 Å². The number of hydrogen-bond acceptors (Lipinski definition) is 3. The summed E-state index contributed by atoms with van der Waals surface area (Å²) < 4.78 is 10.7. The fourth-order valence-corrected chi connectivity index (χ4v) is 1.54. The molecule has 1 atom stereocenters. The molecule has 0 saturated carbocycles. The van der Waals surface area contributed by atoms with Gasteiger partial charge in [0.05, 0.1) is 6.26 Å². The Morgan fingerprint density at radius 2 is 2.12 bits per heavy atom. The van der Waals surface area contributed by atoms with Gasteiger partial charge in [-0.2, -0.15) is 0 Å². The van der Waals surface area contributed by atoms with E-state index in [9.17, 15) is 0 Å². The van der Waals surface area contributed by atoms with E-state index in [1.54, 1.807) is 12.3 Å². The van der Waals surface area contributed by atoms with Crippen molar-refractivity contribution in [3.8, 4) is 0 Å². The van der Waals surface area contributed by atoms with E-state index in [-0.39, 0.29) is 6.23 Å². The van der Waals surface area contributed by atoms with Crippen molar-refractivity contribution < 1.29 is 9.47 Å². The molecule has 1 aromatic carbocycles. The van der Waals surface area contributed by atoms with E-state index in [1.807, 2.05) is 36.4 Å². The minimum absolute atomic E-state index is 0.330. The SMILES string of the molecule is NC(Cc1ccccc1)OC1=CC=COC1.